The molecule has 2 radical (unpaired) electrons. The Hall–Kier alpha value is 2.25. The summed E-state index contributed by atoms with van der Waals surface area (Å²) in [6.45, 7) is 0. The van der Waals surface area contributed by atoms with Crippen LogP contribution in [0.1, 0.15) is 0 Å². The fraction of sp³-hybridized carbons (Fsp3) is 0. The van der Waals surface area contributed by atoms with Crippen LogP contribution in [-0.2, 0) is 89.2 Å². The van der Waals surface area contributed by atoms with Crippen LogP contribution in [0.5, 0.6) is 0 Å². The zero-order valence-electron chi connectivity index (χ0n) is 8.00. The second-order valence-electron chi connectivity index (χ2n) is 0. The summed E-state index contributed by atoms with van der Waals surface area (Å²) in [5.41, 5.74) is 0. The molecule has 18 heteroatoms. The molecule has 0 heterocycles. The van der Waals surface area contributed by atoms with Gasteiger partial charge >= 0.3 is 89.2 Å². The topological polar surface area (TPSA) is 390 Å². The van der Waals surface area contributed by atoms with Crippen LogP contribution in [0.25, 0.3) is 0 Å². The zero-order chi connectivity index (χ0) is 0. The third-order valence-electron chi connectivity index (χ3n) is 0. The van der Waals surface area contributed by atoms with Crippen LogP contribution in [0.15, 0.2) is 0 Å². The third-order valence-corrected chi connectivity index (χ3v) is 0. The summed E-state index contributed by atoms with van der Waals surface area (Å²) in [5.74, 6) is 0. The molecule has 124 valence electrons. The predicted octanol–water partition coefficient (Wildman–Crippen LogP) is -2.31. The normalized spacial score (nSPS) is 0. The maximum atomic E-state index is 0. The Morgan fingerprint density at radius 1 is 0.333 bits per heavy atom. The molecule has 0 aromatic carbocycles. The summed E-state index contributed by atoms with van der Waals surface area (Å²) in [7, 11) is 0. The Morgan fingerprint density at radius 2 is 0.333 bits per heavy atom. The minimum atomic E-state index is 0. The average Bonchev–Trinajstić information content (AvgIpc) is 0. The van der Waals surface area contributed by atoms with Crippen molar-refractivity contribution >= 4 is 0 Å². The molecule has 0 fully saturated rings. The van der Waals surface area contributed by atoms with Gasteiger partial charge in [0.2, 0.25) is 0 Å². The molecule has 0 spiro atoms. The number of rotatable bonds is 0. The molecule has 0 aliphatic carbocycles. The van der Waals surface area contributed by atoms with Crippen LogP contribution < -0.4 is 0 Å². The maximum absolute atomic E-state index is 0. The number of hydrogen-bond donors (Lipinski definition) is 0. The Bertz CT molecular complexity index is 27.0. The molecule has 0 saturated heterocycles. The zero-order valence-corrected chi connectivity index (χ0v) is 15.6. The van der Waals surface area contributed by atoms with Crippen molar-refractivity contribution < 1.29 is 160 Å². The predicted molar refractivity (Wildman–Crippen MR) is 25.2 cm³/mol. The molecule has 0 amide bonds. The Balaban J connectivity index is 0. The summed E-state index contributed by atoms with van der Waals surface area (Å²) in [6, 6.07) is 0. The van der Waals surface area contributed by atoms with Gasteiger partial charge in [-0.25, -0.2) is 0 Å². The van der Waals surface area contributed by atoms with E-state index in [-0.39, 0.29) is 160 Å². The quantitative estimate of drug-likeness (QED) is 0.308. The van der Waals surface area contributed by atoms with Crippen molar-refractivity contribution in [3.05, 3.63) is 0 Å². The fourth-order valence-corrected chi connectivity index (χ4v) is 0. The van der Waals surface area contributed by atoms with Gasteiger partial charge in [0, 0.05) is 0 Å². The number of hydrogen-bond acceptors (Lipinski definition) is 13. The van der Waals surface area contributed by atoms with Gasteiger partial charge in [-0.2, -0.15) is 0 Å². The van der Waals surface area contributed by atoms with Gasteiger partial charge in [-0.1, -0.05) is 0 Å². The van der Waals surface area contributed by atoms with E-state index in [1.807, 2.05) is 0 Å². The van der Waals surface area contributed by atoms with E-state index in [2.05, 4.69) is 0 Å². The fourth-order valence-electron chi connectivity index (χ4n) is 0. The van der Waals surface area contributed by atoms with Crippen molar-refractivity contribution in [1.82, 2.24) is 0 Å². The summed E-state index contributed by atoms with van der Waals surface area (Å²) < 4.78 is 0. The van der Waals surface area contributed by atoms with Crippen molar-refractivity contribution in [2.24, 2.45) is 0 Å². The largest absolute Gasteiger partial charge is 5.00 e. The third kappa shape index (κ3) is 1080. The monoisotopic (exact) mass is 510 g/mol. The summed E-state index contributed by atoms with van der Waals surface area (Å²) in [4.78, 5) is 0. The standard InChI is InChI=1S/Cu.Fe.Mn.13H2O.V.Zn/h;;;13*1H2;;/q3*+2;;;;;;;;;;;;;;+5;+2/p-13. The van der Waals surface area contributed by atoms with Crippen molar-refractivity contribution in [2.75, 3.05) is 0 Å². The molecule has 0 atom stereocenters. The first kappa shape index (κ1) is 1490. The summed E-state index contributed by atoms with van der Waals surface area (Å²) >= 11 is 0. The molecule has 0 aliphatic heterocycles. The molecular formula is H13CuFeMnO13VZn. The van der Waals surface area contributed by atoms with E-state index in [1.54, 1.807) is 0 Å². The van der Waals surface area contributed by atoms with Crippen LogP contribution in [0, 0.1) is 0 Å². The van der Waals surface area contributed by atoms with Gasteiger partial charge in [0.15, 0.2) is 0 Å². The van der Waals surface area contributed by atoms with E-state index >= 15 is 0 Å². The van der Waals surface area contributed by atoms with Crippen molar-refractivity contribution in [1.29, 1.82) is 0 Å². The van der Waals surface area contributed by atoms with Crippen LogP contribution in [0.2, 0.25) is 0 Å². The van der Waals surface area contributed by atoms with Gasteiger partial charge in [0.1, 0.15) is 0 Å². The van der Waals surface area contributed by atoms with E-state index in [4.69, 9.17) is 0 Å². The molecule has 0 aromatic rings. The Kier molecular flexibility index (Phi) is 105000. The minimum Gasteiger partial charge on any atom is -0.870 e. The van der Waals surface area contributed by atoms with Gasteiger partial charge in [0.25, 0.3) is 0 Å². The Labute approximate surface area is 159 Å². The van der Waals surface area contributed by atoms with E-state index in [0.29, 0.717) is 0 Å². The second-order valence-corrected chi connectivity index (χ2v) is 0. The first-order chi connectivity index (χ1) is 0. The molecule has 13 N–H and O–H groups in total. The molecular weight excluding hydrogens is 499 g/mol. The molecule has 0 aliphatic rings. The first-order valence-electron chi connectivity index (χ1n) is 0. The van der Waals surface area contributed by atoms with Gasteiger partial charge in [-0.3, -0.25) is 0 Å². The van der Waals surface area contributed by atoms with Crippen LogP contribution >= 0.6 is 0 Å². The van der Waals surface area contributed by atoms with Crippen LogP contribution in [-0.4, -0.2) is 71.2 Å². The van der Waals surface area contributed by atoms with Gasteiger partial charge in [-0.05, 0) is 0 Å². The van der Waals surface area contributed by atoms with E-state index in [1.165, 1.54) is 0 Å². The van der Waals surface area contributed by atoms with Crippen molar-refractivity contribution in [3.8, 4) is 0 Å². The van der Waals surface area contributed by atoms with Crippen molar-refractivity contribution in [3.63, 3.8) is 0 Å². The smallest absolute Gasteiger partial charge is 0.870 e. The molecule has 0 unspecified atom stereocenters. The molecule has 0 bridgehead atoms. The molecule has 0 saturated carbocycles. The van der Waals surface area contributed by atoms with E-state index in [0.717, 1.165) is 0 Å². The van der Waals surface area contributed by atoms with E-state index < -0.39 is 0 Å². The van der Waals surface area contributed by atoms with Gasteiger partial charge in [-0.15, -0.1) is 0 Å². The summed E-state index contributed by atoms with van der Waals surface area (Å²) in [6.07, 6.45) is 0. The SMILES string of the molecule is [Cu+2].[Fe+2].[Mn+2].[OH-].[OH-].[OH-].[OH-].[OH-].[OH-].[OH-].[OH-].[OH-].[OH-].[OH-].[OH-].[OH-].[V+5].[Zn+2]. The van der Waals surface area contributed by atoms with Crippen molar-refractivity contribution in [2.45, 2.75) is 0 Å². The second kappa shape index (κ2) is 1270. The molecule has 0 aromatic heterocycles. The summed E-state index contributed by atoms with van der Waals surface area (Å²) in [5, 5.41) is 0. The van der Waals surface area contributed by atoms with E-state index in [9.17, 15) is 0 Å². The molecule has 13 nitrogen and oxygen atoms in total. The molecule has 0 rings (SSSR count). The van der Waals surface area contributed by atoms with Gasteiger partial charge < -0.3 is 71.2 Å². The maximum Gasteiger partial charge on any atom is 5.00 e. The Morgan fingerprint density at radius 3 is 0.333 bits per heavy atom. The van der Waals surface area contributed by atoms with Gasteiger partial charge in [0.05, 0.1) is 0 Å². The first-order valence-corrected chi connectivity index (χ1v) is 0. The van der Waals surface area contributed by atoms with Crippen LogP contribution in [0.3, 0.4) is 0 Å². The minimum absolute atomic E-state index is 0. The molecule has 18 heavy (non-hydrogen) atoms. The average molecular weight is 512 g/mol. The van der Waals surface area contributed by atoms with Crippen LogP contribution in [0.4, 0.5) is 0 Å².